The standard InChI is InChI=1S/C15H23NO2/c1-4-16(5-2)11-10-15(17)13-8-7-9-14(12-13)18-6-3/h7-9,12H,4-6,10-11H2,1-3H3. The molecule has 0 aliphatic rings. The molecule has 0 saturated heterocycles. The second kappa shape index (κ2) is 7.88. The molecule has 0 aliphatic heterocycles. The van der Waals surface area contributed by atoms with Crippen molar-refractivity contribution in [1.82, 2.24) is 4.90 Å². The topological polar surface area (TPSA) is 29.5 Å². The minimum Gasteiger partial charge on any atom is -0.494 e. The predicted octanol–water partition coefficient (Wildman–Crippen LogP) is 3.00. The highest BCUT2D eigenvalue weighted by Gasteiger charge is 2.08. The third-order valence-corrected chi connectivity index (χ3v) is 3.02. The number of hydrogen-bond acceptors (Lipinski definition) is 3. The normalized spacial score (nSPS) is 10.7. The first-order valence-corrected chi connectivity index (χ1v) is 6.69. The van der Waals surface area contributed by atoms with E-state index in [2.05, 4.69) is 18.7 Å². The van der Waals surface area contributed by atoms with Gasteiger partial charge in [-0.2, -0.15) is 0 Å². The van der Waals surface area contributed by atoms with Crippen LogP contribution in [0.25, 0.3) is 0 Å². The van der Waals surface area contributed by atoms with Crippen LogP contribution in [0, 0.1) is 0 Å². The highest BCUT2D eigenvalue weighted by Crippen LogP contribution is 2.14. The summed E-state index contributed by atoms with van der Waals surface area (Å²) in [6.45, 7) is 9.59. The fourth-order valence-electron chi connectivity index (χ4n) is 1.87. The Morgan fingerprint density at radius 2 is 1.94 bits per heavy atom. The van der Waals surface area contributed by atoms with Crippen molar-refractivity contribution in [3.63, 3.8) is 0 Å². The average Bonchev–Trinajstić information content (AvgIpc) is 2.40. The second-order valence-corrected chi connectivity index (χ2v) is 4.16. The van der Waals surface area contributed by atoms with Crippen molar-refractivity contribution in [3.05, 3.63) is 29.8 Å². The van der Waals surface area contributed by atoms with Gasteiger partial charge < -0.3 is 9.64 Å². The number of carbonyl (C=O) groups excluding carboxylic acids is 1. The Labute approximate surface area is 110 Å². The smallest absolute Gasteiger partial charge is 0.164 e. The van der Waals surface area contributed by atoms with Crippen LogP contribution in [-0.4, -0.2) is 36.9 Å². The number of rotatable bonds is 8. The van der Waals surface area contributed by atoms with Crippen LogP contribution >= 0.6 is 0 Å². The maximum Gasteiger partial charge on any atom is 0.164 e. The third-order valence-electron chi connectivity index (χ3n) is 3.02. The van der Waals surface area contributed by atoms with E-state index in [-0.39, 0.29) is 5.78 Å². The Kier molecular flexibility index (Phi) is 6.44. The summed E-state index contributed by atoms with van der Waals surface area (Å²) in [5, 5.41) is 0. The quantitative estimate of drug-likeness (QED) is 0.663. The average molecular weight is 249 g/mol. The molecule has 100 valence electrons. The van der Waals surface area contributed by atoms with E-state index in [0.717, 1.165) is 30.9 Å². The van der Waals surface area contributed by atoms with E-state index in [1.807, 2.05) is 31.2 Å². The minimum atomic E-state index is 0.184. The van der Waals surface area contributed by atoms with Gasteiger partial charge in [-0.05, 0) is 32.1 Å². The lowest BCUT2D eigenvalue weighted by Crippen LogP contribution is -2.25. The van der Waals surface area contributed by atoms with Crippen LogP contribution in [-0.2, 0) is 0 Å². The van der Waals surface area contributed by atoms with Gasteiger partial charge in [-0.25, -0.2) is 0 Å². The molecule has 1 rings (SSSR count). The molecule has 3 nitrogen and oxygen atoms in total. The van der Waals surface area contributed by atoms with Crippen molar-refractivity contribution >= 4 is 5.78 Å². The summed E-state index contributed by atoms with van der Waals surface area (Å²) in [5.41, 5.74) is 0.744. The van der Waals surface area contributed by atoms with Crippen LogP contribution in [0.4, 0.5) is 0 Å². The molecule has 0 bridgehead atoms. The maximum atomic E-state index is 12.1. The van der Waals surface area contributed by atoms with Crippen LogP contribution in [0.3, 0.4) is 0 Å². The first-order chi connectivity index (χ1) is 8.71. The van der Waals surface area contributed by atoms with Crippen LogP contribution in [0.15, 0.2) is 24.3 Å². The number of hydrogen-bond donors (Lipinski definition) is 0. The molecule has 1 aromatic carbocycles. The molecule has 18 heavy (non-hydrogen) atoms. The lowest BCUT2D eigenvalue weighted by atomic mass is 10.1. The van der Waals surface area contributed by atoms with Gasteiger partial charge in [0.15, 0.2) is 5.78 Å². The van der Waals surface area contributed by atoms with Crippen molar-refractivity contribution < 1.29 is 9.53 Å². The van der Waals surface area contributed by atoms with E-state index in [4.69, 9.17) is 4.74 Å². The lowest BCUT2D eigenvalue weighted by molar-refractivity contribution is 0.0966. The zero-order valence-electron chi connectivity index (χ0n) is 11.6. The number of Topliss-reactive ketones (excluding diaryl/α,β-unsaturated/α-hetero) is 1. The molecule has 0 aromatic heterocycles. The van der Waals surface area contributed by atoms with Gasteiger partial charge in [-0.1, -0.05) is 26.0 Å². The number of nitrogens with zero attached hydrogens (tertiary/aromatic N) is 1. The fraction of sp³-hybridized carbons (Fsp3) is 0.533. The van der Waals surface area contributed by atoms with E-state index in [0.29, 0.717) is 13.0 Å². The van der Waals surface area contributed by atoms with E-state index in [9.17, 15) is 4.79 Å². The highest BCUT2D eigenvalue weighted by atomic mass is 16.5. The van der Waals surface area contributed by atoms with Crippen LogP contribution in [0.5, 0.6) is 5.75 Å². The summed E-state index contributed by atoms with van der Waals surface area (Å²) in [5.74, 6) is 0.953. The largest absolute Gasteiger partial charge is 0.494 e. The summed E-state index contributed by atoms with van der Waals surface area (Å²) >= 11 is 0. The van der Waals surface area contributed by atoms with Crippen LogP contribution in [0.2, 0.25) is 0 Å². The van der Waals surface area contributed by atoms with Crippen molar-refractivity contribution in [1.29, 1.82) is 0 Å². The number of benzene rings is 1. The molecule has 0 heterocycles. The number of ketones is 1. The van der Waals surface area contributed by atoms with E-state index >= 15 is 0 Å². The van der Waals surface area contributed by atoms with Gasteiger partial charge in [0, 0.05) is 18.5 Å². The van der Waals surface area contributed by atoms with Gasteiger partial charge in [0.2, 0.25) is 0 Å². The maximum absolute atomic E-state index is 12.1. The molecule has 0 atom stereocenters. The molecule has 0 unspecified atom stereocenters. The summed E-state index contributed by atoms with van der Waals surface area (Å²) in [7, 11) is 0. The molecule has 0 spiro atoms. The summed E-state index contributed by atoms with van der Waals surface area (Å²) in [6.07, 6.45) is 0.567. The Balaban J connectivity index is 2.58. The Hall–Kier alpha value is -1.35. The van der Waals surface area contributed by atoms with Crippen molar-refractivity contribution in [2.75, 3.05) is 26.2 Å². The summed E-state index contributed by atoms with van der Waals surface area (Å²) in [4.78, 5) is 14.3. The first kappa shape index (κ1) is 14.7. The number of carbonyl (C=O) groups is 1. The lowest BCUT2D eigenvalue weighted by Gasteiger charge is -2.17. The Morgan fingerprint density at radius 3 is 2.56 bits per heavy atom. The predicted molar refractivity (Wildman–Crippen MR) is 74.3 cm³/mol. The summed E-state index contributed by atoms with van der Waals surface area (Å²) in [6, 6.07) is 7.43. The van der Waals surface area contributed by atoms with Crippen LogP contribution in [0.1, 0.15) is 37.6 Å². The molecule has 1 aromatic rings. The molecule has 0 N–H and O–H groups in total. The van der Waals surface area contributed by atoms with Crippen LogP contribution < -0.4 is 4.74 Å². The third kappa shape index (κ3) is 4.49. The molecule has 3 heteroatoms. The Morgan fingerprint density at radius 1 is 1.22 bits per heavy atom. The molecule has 0 aliphatic carbocycles. The zero-order valence-corrected chi connectivity index (χ0v) is 11.6. The van der Waals surface area contributed by atoms with E-state index < -0.39 is 0 Å². The molecule has 0 radical (unpaired) electrons. The minimum absolute atomic E-state index is 0.184. The van der Waals surface area contributed by atoms with Gasteiger partial charge in [0.25, 0.3) is 0 Å². The number of ether oxygens (including phenoxy) is 1. The molecular formula is C15H23NO2. The Bertz CT molecular complexity index is 373. The van der Waals surface area contributed by atoms with Crippen molar-refractivity contribution in [2.24, 2.45) is 0 Å². The monoisotopic (exact) mass is 249 g/mol. The van der Waals surface area contributed by atoms with Gasteiger partial charge in [-0.15, -0.1) is 0 Å². The molecule has 0 fully saturated rings. The van der Waals surface area contributed by atoms with E-state index in [1.54, 1.807) is 0 Å². The SMILES string of the molecule is CCOc1cccc(C(=O)CCN(CC)CC)c1. The van der Waals surface area contributed by atoms with Gasteiger partial charge >= 0.3 is 0 Å². The van der Waals surface area contributed by atoms with Crippen molar-refractivity contribution in [2.45, 2.75) is 27.2 Å². The molecule has 0 saturated carbocycles. The first-order valence-electron chi connectivity index (χ1n) is 6.69. The van der Waals surface area contributed by atoms with Gasteiger partial charge in [-0.3, -0.25) is 4.79 Å². The van der Waals surface area contributed by atoms with Gasteiger partial charge in [0.05, 0.1) is 6.61 Å². The molecular weight excluding hydrogens is 226 g/mol. The van der Waals surface area contributed by atoms with Gasteiger partial charge in [0.1, 0.15) is 5.75 Å². The van der Waals surface area contributed by atoms with E-state index in [1.165, 1.54) is 0 Å². The second-order valence-electron chi connectivity index (χ2n) is 4.16. The molecule has 0 amide bonds. The fourth-order valence-corrected chi connectivity index (χ4v) is 1.87. The summed E-state index contributed by atoms with van der Waals surface area (Å²) < 4.78 is 5.40. The van der Waals surface area contributed by atoms with Crippen molar-refractivity contribution in [3.8, 4) is 5.75 Å². The zero-order chi connectivity index (χ0) is 13.4. The highest BCUT2D eigenvalue weighted by molar-refractivity contribution is 5.96.